The molecule has 2 rings (SSSR count). The van der Waals surface area contributed by atoms with Crippen molar-refractivity contribution in [3.8, 4) is 0 Å². The Labute approximate surface area is 83.5 Å². The molecule has 3 heteroatoms. The zero-order chi connectivity index (χ0) is 10.1. The van der Waals surface area contributed by atoms with Crippen LogP contribution in [-0.4, -0.2) is 18.5 Å². The van der Waals surface area contributed by atoms with Gasteiger partial charge in [-0.3, -0.25) is 4.79 Å². The van der Waals surface area contributed by atoms with Crippen molar-refractivity contribution in [2.75, 3.05) is 11.4 Å². The molecule has 1 heterocycles. The highest BCUT2D eigenvalue weighted by molar-refractivity contribution is 5.96. The number of carbonyl (C=O) groups excluding carboxylic acids is 1. The topological polar surface area (TPSA) is 46.3 Å². The van der Waals surface area contributed by atoms with E-state index in [-0.39, 0.29) is 11.9 Å². The molecule has 1 atom stereocenters. The summed E-state index contributed by atoms with van der Waals surface area (Å²) in [5, 5.41) is 0. The Morgan fingerprint density at radius 1 is 1.36 bits per heavy atom. The van der Waals surface area contributed by atoms with Crippen LogP contribution in [0.3, 0.4) is 0 Å². The van der Waals surface area contributed by atoms with E-state index in [4.69, 9.17) is 5.73 Å². The zero-order valence-corrected chi connectivity index (χ0v) is 8.23. The molecule has 0 unspecified atom stereocenters. The number of carbonyl (C=O) groups is 1. The number of aryl methyl sites for hydroxylation is 1. The third kappa shape index (κ3) is 1.63. The average Bonchev–Trinajstić information content (AvgIpc) is 2.47. The molecule has 3 nitrogen and oxygen atoms in total. The second kappa shape index (κ2) is 3.42. The molecule has 0 aromatic heterocycles. The van der Waals surface area contributed by atoms with Crippen LogP contribution in [0.15, 0.2) is 24.3 Å². The van der Waals surface area contributed by atoms with Gasteiger partial charge in [0, 0.05) is 24.7 Å². The number of anilines is 1. The Balaban J connectivity index is 2.23. The summed E-state index contributed by atoms with van der Waals surface area (Å²) in [5.41, 5.74) is 7.87. The number of nitrogens with two attached hydrogens (primary N) is 1. The van der Waals surface area contributed by atoms with Crippen LogP contribution < -0.4 is 10.6 Å². The van der Waals surface area contributed by atoms with Gasteiger partial charge in [-0.15, -0.1) is 0 Å². The Bertz CT molecular complexity index is 345. The first-order valence-corrected chi connectivity index (χ1v) is 4.79. The number of hydrogen-bond acceptors (Lipinski definition) is 2. The maximum absolute atomic E-state index is 11.5. The quantitative estimate of drug-likeness (QED) is 0.719. The first-order chi connectivity index (χ1) is 6.66. The molecule has 0 spiro atoms. The number of nitrogens with zero attached hydrogens (tertiary/aromatic N) is 1. The van der Waals surface area contributed by atoms with Gasteiger partial charge in [0.05, 0.1) is 0 Å². The smallest absolute Gasteiger partial charge is 0.228 e. The number of amides is 1. The van der Waals surface area contributed by atoms with Gasteiger partial charge in [-0.25, -0.2) is 0 Å². The van der Waals surface area contributed by atoms with Crippen LogP contribution in [0, 0.1) is 6.92 Å². The summed E-state index contributed by atoms with van der Waals surface area (Å²) in [6, 6.07) is 7.93. The molecule has 0 bridgehead atoms. The van der Waals surface area contributed by atoms with E-state index >= 15 is 0 Å². The van der Waals surface area contributed by atoms with Crippen LogP contribution in [-0.2, 0) is 4.79 Å². The maximum Gasteiger partial charge on any atom is 0.228 e. The highest BCUT2D eigenvalue weighted by Crippen LogP contribution is 2.20. The summed E-state index contributed by atoms with van der Waals surface area (Å²) < 4.78 is 0. The SMILES string of the molecule is Cc1ccc(N2C[C@H](N)CC2=O)cc1. The van der Waals surface area contributed by atoms with Crippen LogP contribution in [0.1, 0.15) is 12.0 Å². The molecule has 0 radical (unpaired) electrons. The first-order valence-electron chi connectivity index (χ1n) is 4.79. The van der Waals surface area contributed by atoms with E-state index in [0.29, 0.717) is 13.0 Å². The van der Waals surface area contributed by atoms with Gasteiger partial charge in [0.15, 0.2) is 0 Å². The average molecular weight is 190 g/mol. The molecule has 1 aliphatic heterocycles. The van der Waals surface area contributed by atoms with Crippen molar-refractivity contribution in [3.05, 3.63) is 29.8 Å². The fourth-order valence-corrected chi connectivity index (χ4v) is 1.71. The summed E-state index contributed by atoms with van der Waals surface area (Å²) in [5.74, 6) is 0.126. The van der Waals surface area contributed by atoms with Gasteiger partial charge >= 0.3 is 0 Å². The summed E-state index contributed by atoms with van der Waals surface area (Å²) in [4.78, 5) is 13.3. The van der Waals surface area contributed by atoms with Crippen molar-refractivity contribution >= 4 is 11.6 Å². The van der Waals surface area contributed by atoms with Crippen molar-refractivity contribution in [2.24, 2.45) is 5.73 Å². The lowest BCUT2D eigenvalue weighted by atomic mass is 10.2. The van der Waals surface area contributed by atoms with Gasteiger partial charge in [0.2, 0.25) is 5.91 Å². The molecule has 14 heavy (non-hydrogen) atoms. The van der Waals surface area contributed by atoms with E-state index in [9.17, 15) is 4.79 Å². The van der Waals surface area contributed by atoms with E-state index in [1.807, 2.05) is 31.2 Å². The van der Waals surface area contributed by atoms with E-state index in [1.165, 1.54) is 5.56 Å². The Hall–Kier alpha value is -1.35. The van der Waals surface area contributed by atoms with Crippen molar-refractivity contribution in [1.29, 1.82) is 0 Å². The summed E-state index contributed by atoms with van der Waals surface area (Å²) in [6.07, 6.45) is 0.466. The van der Waals surface area contributed by atoms with Crippen molar-refractivity contribution < 1.29 is 4.79 Å². The third-order valence-electron chi connectivity index (χ3n) is 2.50. The molecule has 1 aliphatic rings. The minimum absolute atomic E-state index is 0.0104. The summed E-state index contributed by atoms with van der Waals surface area (Å²) in [6.45, 7) is 2.67. The molecule has 0 saturated carbocycles. The Morgan fingerprint density at radius 3 is 2.50 bits per heavy atom. The van der Waals surface area contributed by atoms with E-state index in [0.717, 1.165) is 5.69 Å². The molecule has 0 aliphatic carbocycles. The minimum atomic E-state index is -0.0104. The fourth-order valence-electron chi connectivity index (χ4n) is 1.71. The predicted octanol–water partition coefficient (Wildman–Crippen LogP) is 1.06. The normalized spacial score (nSPS) is 21.7. The largest absolute Gasteiger partial charge is 0.326 e. The lowest BCUT2D eigenvalue weighted by Crippen LogP contribution is -2.27. The van der Waals surface area contributed by atoms with Crippen LogP contribution in [0.4, 0.5) is 5.69 Å². The first kappa shape index (κ1) is 9.21. The highest BCUT2D eigenvalue weighted by atomic mass is 16.2. The van der Waals surface area contributed by atoms with Crippen LogP contribution in [0.2, 0.25) is 0 Å². The highest BCUT2D eigenvalue weighted by Gasteiger charge is 2.27. The molecular formula is C11H14N2O. The van der Waals surface area contributed by atoms with E-state index in [1.54, 1.807) is 4.90 Å². The number of hydrogen-bond donors (Lipinski definition) is 1. The lowest BCUT2D eigenvalue weighted by molar-refractivity contribution is -0.117. The molecule has 1 amide bonds. The standard InChI is InChI=1S/C11H14N2O/c1-8-2-4-10(5-3-8)13-7-9(12)6-11(13)14/h2-5,9H,6-7,12H2,1H3/t9-/m1/s1. The van der Waals surface area contributed by atoms with E-state index < -0.39 is 0 Å². The molecular weight excluding hydrogens is 176 g/mol. The fraction of sp³-hybridized carbons (Fsp3) is 0.364. The Kier molecular flexibility index (Phi) is 2.25. The molecule has 74 valence electrons. The van der Waals surface area contributed by atoms with Gasteiger partial charge in [0.25, 0.3) is 0 Å². The van der Waals surface area contributed by atoms with E-state index in [2.05, 4.69) is 0 Å². The Morgan fingerprint density at radius 2 is 2.00 bits per heavy atom. The summed E-state index contributed by atoms with van der Waals surface area (Å²) in [7, 11) is 0. The molecule has 2 N–H and O–H groups in total. The minimum Gasteiger partial charge on any atom is -0.326 e. The predicted molar refractivity (Wildman–Crippen MR) is 56.1 cm³/mol. The molecule has 1 saturated heterocycles. The van der Waals surface area contributed by atoms with Crippen molar-refractivity contribution in [2.45, 2.75) is 19.4 Å². The molecule has 1 aromatic carbocycles. The number of benzene rings is 1. The van der Waals surface area contributed by atoms with Crippen LogP contribution in [0.25, 0.3) is 0 Å². The molecule has 1 aromatic rings. The maximum atomic E-state index is 11.5. The molecule has 1 fully saturated rings. The second-order valence-electron chi connectivity index (χ2n) is 3.80. The number of rotatable bonds is 1. The van der Waals surface area contributed by atoms with Crippen molar-refractivity contribution in [3.63, 3.8) is 0 Å². The third-order valence-corrected chi connectivity index (χ3v) is 2.50. The van der Waals surface area contributed by atoms with Gasteiger partial charge in [-0.1, -0.05) is 17.7 Å². The van der Waals surface area contributed by atoms with Gasteiger partial charge in [0.1, 0.15) is 0 Å². The van der Waals surface area contributed by atoms with Gasteiger partial charge in [-0.05, 0) is 19.1 Å². The lowest BCUT2D eigenvalue weighted by Gasteiger charge is -2.15. The van der Waals surface area contributed by atoms with Crippen LogP contribution in [0.5, 0.6) is 0 Å². The summed E-state index contributed by atoms with van der Waals surface area (Å²) >= 11 is 0. The second-order valence-corrected chi connectivity index (χ2v) is 3.80. The van der Waals surface area contributed by atoms with Crippen LogP contribution >= 0.6 is 0 Å². The van der Waals surface area contributed by atoms with Crippen molar-refractivity contribution in [1.82, 2.24) is 0 Å². The monoisotopic (exact) mass is 190 g/mol. The van der Waals surface area contributed by atoms with Gasteiger partial charge < -0.3 is 10.6 Å². The van der Waals surface area contributed by atoms with Gasteiger partial charge in [-0.2, -0.15) is 0 Å². The zero-order valence-electron chi connectivity index (χ0n) is 8.23.